The Balaban J connectivity index is 2.20. The maximum atomic E-state index is 4.42. The molecule has 1 aromatic heterocycles. The van der Waals surface area contributed by atoms with Crippen molar-refractivity contribution in [3.63, 3.8) is 0 Å². The lowest BCUT2D eigenvalue weighted by Gasteiger charge is -2.04. The van der Waals surface area contributed by atoms with Crippen molar-refractivity contribution in [1.29, 1.82) is 0 Å². The third-order valence-electron chi connectivity index (χ3n) is 2.88. The highest BCUT2D eigenvalue weighted by atomic mass is 14.8. The molecule has 0 aliphatic carbocycles. The Hall–Kier alpha value is -1.67. The molecule has 1 N–H and O–H groups in total. The molecule has 0 atom stereocenters. The van der Waals surface area contributed by atoms with Crippen molar-refractivity contribution in [2.24, 2.45) is 0 Å². The number of benzene rings is 1. The molecule has 0 fully saturated rings. The van der Waals surface area contributed by atoms with Gasteiger partial charge in [0.15, 0.2) is 0 Å². The summed E-state index contributed by atoms with van der Waals surface area (Å²) in [4.78, 5) is 4.42. The van der Waals surface area contributed by atoms with E-state index < -0.39 is 0 Å². The smallest absolute Gasteiger partial charge is 0.0542 e. The topological polar surface area (TPSA) is 24.9 Å². The van der Waals surface area contributed by atoms with Gasteiger partial charge in [0.05, 0.1) is 5.69 Å². The number of aromatic nitrogens is 1. The molecule has 0 aliphatic heterocycles. The summed E-state index contributed by atoms with van der Waals surface area (Å²) in [7, 11) is 1.93. The molecule has 0 amide bonds. The maximum absolute atomic E-state index is 4.42. The molecule has 0 spiro atoms. The number of aryl methyl sites for hydroxylation is 1. The highest BCUT2D eigenvalue weighted by molar-refractivity contribution is 5.62. The molecule has 0 aliphatic rings. The van der Waals surface area contributed by atoms with Crippen molar-refractivity contribution < 1.29 is 0 Å². The minimum Gasteiger partial charge on any atom is -0.314 e. The second-order valence-corrected chi connectivity index (χ2v) is 4.12. The van der Waals surface area contributed by atoms with Gasteiger partial charge >= 0.3 is 0 Å². The van der Waals surface area contributed by atoms with Crippen molar-refractivity contribution >= 4 is 0 Å². The first-order valence-electron chi connectivity index (χ1n) is 6.02. The summed E-state index contributed by atoms with van der Waals surface area (Å²) in [6.07, 6.45) is 3.02. The van der Waals surface area contributed by atoms with E-state index in [4.69, 9.17) is 0 Å². The Morgan fingerprint density at radius 1 is 1.00 bits per heavy atom. The molecule has 2 aromatic rings. The molecule has 0 radical (unpaired) electrons. The van der Waals surface area contributed by atoms with E-state index in [1.807, 2.05) is 13.2 Å². The van der Waals surface area contributed by atoms with Gasteiger partial charge in [0, 0.05) is 18.3 Å². The van der Waals surface area contributed by atoms with Crippen LogP contribution in [-0.2, 0) is 13.0 Å². The van der Waals surface area contributed by atoms with Gasteiger partial charge in [-0.05, 0) is 30.7 Å². The zero-order chi connectivity index (χ0) is 12.1. The fourth-order valence-corrected chi connectivity index (χ4v) is 1.81. The van der Waals surface area contributed by atoms with Crippen LogP contribution in [0, 0.1) is 0 Å². The van der Waals surface area contributed by atoms with Gasteiger partial charge in [-0.1, -0.05) is 37.3 Å². The third-order valence-corrected chi connectivity index (χ3v) is 2.88. The predicted molar refractivity (Wildman–Crippen MR) is 71.8 cm³/mol. The Morgan fingerprint density at radius 2 is 1.71 bits per heavy atom. The number of rotatable bonds is 4. The molecule has 1 aromatic carbocycles. The first-order chi connectivity index (χ1) is 8.33. The minimum absolute atomic E-state index is 0.815. The Kier molecular flexibility index (Phi) is 3.89. The Morgan fingerprint density at radius 3 is 2.24 bits per heavy atom. The van der Waals surface area contributed by atoms with Crippen molar-refractivity contribution in [2.45, 2.75) is 19.9 Å². The minimum atomic E-state index is 0.815. The van der Waals surface area contributed by atoms with Gasteiger partial charge in [0.25, 0.3) is 0 Å². The molecule has 0 saturated carbocycles. The second-order valence-electron chi connectivity index (χ2n) is 4.12. The van der Waals surface area contributed by atoms with E-state index in [9.17, 15) is 0 Å². The summed E-state index contributed by atoms with van der Waals surface area (Å²) in [5, 5.41) is 3.10. The average molecular weight is 226 g/mol. The fourth-order valence-electron chi connectivity index (χ4n) is 1.81. The van der Waals surface area contributed by atoms with Crippen LogP contribution < -0.4 is 5.32 Å². The van der Waals surface area contributed by atoms with Crippen molar-refractivity contribution in [1.82, 2.24) is 10.3 Å². The van der Waals surface area contributed by atoms with Crippen LogP contribution in [0.1, 0.15) is 18.2 Å². The summed E-state index contributed by atoms with van der Waals surface area (Å²) in [6, 6.07) is 12.9. The molecule has 0 saturated heterocycles. The molecule has 1 heterocycles. The van der Waals surface area contributed by atoms with E-state index in [1.54, 1.807) is 0 Å². The predicted octanol–water partition coefficient (Wildman–Crippen LogP) is 3.03. The number of pyridine rings is 1. The Bertz CT molecular complexity index is 457. The van der Waals surface area contributed by atoms with Crippen LogP contribution in [0.25, 0.3) is 11.1 Å². The number of hydrogen-bond acceptors (Lipinski definition) is 2. The summed E-state index contributed by atoms with van der Waals surface area (Å²) in [6.45, 7) is 2.98. The van der Waals surface area contributed by atoms with Gasteiger partial charge in [-0.15, -0.1) is 0 Å². The van der Waals surface area contributed by atoms with Crippen LogP contribution in [0.15, 0.2) is 42.6 Å². The number of nitrogens with one attached hydrogen (secondary N) is 1. The van der Waals surface area contributed by atoms with Crippen LogP contribution in [-0.4, -0.2) is 12.0 Å². The van der Waals surface area contributed by atoms with Gasteiger partial charge in [0.2, 0.25) is 0 Å². The lowest BCUT2D eigenvalue weighted by Crippen LogP contribution is -2.06. The molecule has 88 valence electrons. The SMILES string of the molecule is CCc1ccc(-c2ccc(CNC)nc2)cc1. The van der Waals surface area contributed by atoms with Crippen LogP contribution in [0.2, 0.25) is 0 Å². The Labute approximate surface area is 103 Å². The number of hydrogen-bond donors (Lipinski definition) is 1. The molecule has 0 unspecified atom stereocenters. The summed E-state index contributed by atoms with van der Waals surface area (Å²) < 4.78 is 0. The molecule has 2 nitrogen and oxygen atoms in total. The normalized spacial score (nSPS) is 10.5. The van der Waals surface area contributed by atoms with Crippen molar-refractivity contribution in [3.8, 4) is 11.1 Å². The highest BCUT2D eigenvalue weighted by Gasteiger charge is 1.99. The monoisotopic (exact) mass is 226 g/mol. The largest absolute Gasteiger partial charge is 0.314 e. The van der Waals surface area contributed by atoms with E-state index in [1.165, 1.54) is 16.7 Å². The van der Waals surface area contributed by atoms with E-state index in [-0.39, 0.29) is 0 Å². The quantitative estimate of drug-likeness (QED) is 0.866. The van der Waals surface area contributed by atoms with Gasteiger partial charge in [-0.25, -0.2) is 0 Å². The lowest BCUT2D eigenvalue weighted by atomic mass is 10.0. The standard InChI is InChI=1S/C15H18N2/c1-3-12-4-6-13(7-5-12)14-8-9-15(11-16-2)17-10-14/h4-10,16H,3,11H2,1-2H3. The van der Waals surface area contributed by atoms with Gasteiger partial charge in [0.1, 0.15) is 0 Å². The molecule has 2 heteroatoms. The molecular formula is C15H18N2. The fraction of sp³-hybridized carbons (Fsp3) is 0.267. The van der Waals surface area contributed by atoms with Crippen LogP contribution >= 0.6 is 0 Å². The molecular weight excluding hydrogens is 208 g/mol. The van der Waals surface area contributed by atoms with Gasteiger partial charge < -0.3 is 5.32 Å². The second kappa shape index (κ2) is 5.60. The summed E-state index contributed by atoms with van der Waals surface area (Å²) in [5.41, 5.74) is 4.84. The zero-order valence-corrected chi connectivity index (χ0v) is 10.4. The van der Waals surface area contributed by atoms with E-state index >= 15 is 0 Å². The zero-order valence-electron chi connectivity index (χ0n) is 10.4. The summed E-state index contributed by atoms with van der Waals surface area (Å²) >= 11 is 0. The van der Waals surface area contributed by atoms with Gasteiger partial charge in [-0.3, -0.25) is 4.98 Å². The van der Waals surface area contributed by atoms with Crippen molar-refractivity contribution in [3.05, 3.63) is 53.9 Å². The first kappa shape index (κ1) is 11.8. The van der Waals surface area contributed by atoms with Crippen LogP contribution in [0.3, 0.4) is 0 Å². The molecule has 0 bridgehead atoms. The molecule has 2 rings (SSSR count). The van der Waals surface area contributed by atoms with Crippen LogP contribution in [0.4, 0.5) is 0 Å². The van der Waals surface area contributed by atoms with Crippen LogP contribution in [0.5, 0.6) is 0 Å². The number of nitrogens with zero attached hydrogens (tertiary/aromatic N) is 1. The van der Waals surface area contributed by atoms with E-state index in [2.05, 4.69) is 53.6 Å². The maximum Gasteiger partial charge on any atom is 0.0542 e. The summed E-state index contributed by atoms with van der Waals surface area (Å²) in [5.74, 6) is 0. The average Bonchev–Trinajstić information content (AvgIpc) is 2.40. The lowest BCUT2D eigenvalue weighted by molar-refractivity contribution is 0.791. The first-order valence-corrected chi connectivity index (χ1v) is 6.02. The molecule has 17 heavy (non-hydrogen) atoms. The van der Waals surface area contributed by atoms with E-state index in [0.717, 1.165) is 18.7 Å². The van der Waals surface area contributed by atoms with Crippen molar-refractivity contribution in [2.75, 3.05) is 7.05 Å². The third kappa shape index (κ3) is 2.92. The van der Waals surface area contributed by atoms with Gasteiger partial charge in [-0.2, -0.15) is 0 Å². The van der Waals surface area contributed by atoms with E-state index in [0.29, 0.717) is 0 Å². The highest BCUT2D eigenvalue weighted by Crippen LogP contribution is 2.19.